The van der Waals surface area contributed by atoms with Gasteiger partial charge in [0.1, 0.15) is 5.69 Å². The zero-order valence-corrected chi connectivity index (χ0v) is 11.5. The van der Waals surface area contributed by atoms with Crippen molar-refractivity contribution in [1.29, 1.82) is 0 Å². The Labute approximate surface area is 121 Å². The summed E-state index contributed by atoms with van der Waals surface area (Å²) in [5.41, 5.74) is 7.88. The van der Waals surface area contributed by atoms with Crippen molar-refractivity contribution in [3.8, 4) is 0 Å². The van der Waals surface area contributed by atoms with E-state index in [0.29, 0.717) is 17.9 Å². The quantitative estimate of drug-likeness (QED) is 0.492. The molecule has 0 atom stereocenters. The first-order valence-electron chi connectivity index (χ1n) is 6.86. The molecule has 3 rings (SSSR count). The molecule has 0 bridgehead atoms. The molecule has 108 valence electrons. The Hall–Kier alpha value is -2.76. The number of carbonyl (C=O) groups is 1. The molecule has 0 aliphatic carbocycles. The third-order valence-corrected chi connectivity index (χ3v) is 3.30. The van der Waals surface area contributed by atoms with E-state index in [1.54, 1.807) is 6.20 Å². The van der Waals surface area contributed by atoms with Gasteiger partial charge in [-0.25, -0.2) is 0 Å². The molecular weight excluding hydrogens is 266 g/mol. The van der Waals surface area contributed by atoms with Crippen LogP contribution in [-0.4, -0.2) is 27.2 Å². The van der Waals surface area contributed by atoms with Crippen LogP contribution in [0.15, 0.2) is 42.7 Å². The van der Waals surface area contributed by atoms with Gasteiger partial charge in [-0.15, -0.1) is 0 Å². The van der Waals surface area contributed by atoms with Gasteiger partial charge < -0.3 is 16.0 Å². The number of carbonyl (C=O) groups excluding carboxylic acids is 1. The van der Waals surface area contributed by atoms with Crippen LogP contribution in [-0.2, 0) is 6.54 Å². The van der Waals surface area contributed by atoms with Crippen LogP contribution in [0.3, 0.4) is 0 Å². The smallest absolute Gasteiger partial charge is 0.267 e. The van der Waals surface area contributed by atoms with Crippen molar-refractivity contribution in [2.24, 2.45) is 0 Å². The molecule has 6 nitrogen and oxygen atoms in total. The standard InChI is InChI=1S/C15H17N5O/c16-12-3-4-13-11(9-12)10-14(19-13)15(21)17-5-1-7-20-8-2-6-18-20/h2-4,6,8-10,19H,1,5,7,16H2,(H,17,21). The molecular formula is C15H17N5O. The lowest BCUT2D eigenvalue weighted by molar-refractivity contribution is 0.0948. The molecule has 1 amide bonds. The summed E-state index contributed by atoms with van der Waals surface area (Å²) in [6, 6.07) is 9.23. The fourth-order valence-electron chi connectivity index (χ4n) is 2.24. The number of fused-ring (bicyclic) bond motifs is 1. The summed E-state index contributed by atoms with van der Waals surface area (Å²) in [5.74, 6) is -0.106. The summed E-state index contributed by atoms with van der Waals surface area (Å²) in [4.78, 5) is 15.2. The SMILES string of the molecule is Nc1ccc2[nH]c(C(=O)NCCCn3cccn3)cc2c1. The van der Waals surface area contributed by atoms with Crippen LogP contribution >= 0.6 is 0 Å². The minimum absolute atomic E-state index is 0.106. The first kappa shape index (κ1) is 13.2. The van der Waals surface area contributed by atoms with E-state index in [0.717, 1.165) is 23.9 Å². The number of amides is 1. The van der Waals surface area contributed by atoms with Crippen LogP contribution in [0.5, 0.6) is 0 Å². The molecule has 3 aromatic rings. The van der Waals surface area contributed by atoms with Gasteiger partial charge in [-0.1, -0.05) is 0 Å². The number of benzene rings is 1. The number of nitrogens with two attached hydrogens (primary N) is 1. The topological polar surface area (TPSA) is 88.7 Å². The van der Waals surface area contributed by atoms with Crippen LogP contribution in [0.25, 0.3) is 10.9 Å². The van der Waals surface area contributed by atoms with Crippen molar-refractivity contribution in [3.05, 3.63) is 48.4 Å². The second-order valence-corrected chi connectivity index (χ2v) is 4.91. The Morgan fingerprint density at radius 3 is 3.10 bits per heavy atom. The van der Waals surface area contributed by atoms with Crippen molar-refractivity contribution in [2.75, 3.05) is 12.3 Å². The minimum atomic E-state index is -0.106. The molecule has 0 spiro atoms. The number of H-pyrrole nitrogens is 1. The number of nitrogen functional groups attached to an aromatic ring is 1. The van der Waals surface area contributed by atoms with E-state index in [1.807, 2.05) is 41.2 Å². The van der Waals surface area contributed by atoms with Crippen LogP contribution in [0, 0.1) is 0 Å². The van der Waals surface area contributed by atoms with Crippen LogP contribution in [0.4, 0.5) is 5.69 Å². The van der Waals surface area contributed by atoms with Gasteiger partial charge in [-0.2, -0.15) is 5.10 Å². The molecule has 0 aliphatic rings. The lowest BCUT2D eigenvalue weighted by atomic mass is 10.2. The average molecular weight is 283 g/mol. The number of aromatic amines is 1. The number of nitrogens with zero attached hydrogens (tertiary/aromatic N) is 2. The monoisotopic (exact) mass is 283 g/mol. The first-order valence-corrected chi connectivity index (χ1v) is 6.86. The second kappa shape index (κ2) is 5.70. The highest BCUT2D eigenvalue weighted by molar-refractivity contribution is 5.98. The van der Waals surface area contributed by atoms with E-state index >= 15 is 0 Å². The highest BCUT2D eigenvalue weighted by atomic mass is 16.1. The number of rotatable bonds is 5. The fourth-order valence-corrected chi connectivity index (χ4v) is 2.24. The molecule has 0 saturated heterocycles. The maximum absolute atomic E-state index is 12.1. The van der Waals surface area contributed by atoms with Gasteiger partial charge in [0.2, 0.25) is 0 Å². The van der Waals surface area contributed by atoms with Crippen LogP contribution < -0.4 is 11.1 Å². The molecule has 4 N–H and O–H groups in total. The first-order chi connectivity index (χ1) is 10.2. The number of aromatic nitrogens is 3. The predicted octanol–water partition coefficient (Wildman–Crippen LogP) is 1.77. The molecule has 21 heavy (non-hydrogen) atoms. The summed E-state index contributed by atoms with van der Waals surface area (Å²) >= 11 is 0. The lowest BCUT2D eigenvalue weighted by Crippen LogP contribution is -2.25. The van der Waals surface area contributed by atoms with E-state index in [9.17, 15) is 4.79 Å². The number of anilines is 1. The summed E-state index contributed by atoms with van der Waals surface area (Å²) in [6.07, 6.45) is 4.49. The Bertz CT molecular complexity index is 745. The van der Waals surface area contributed by atoms with E-state index in [2.05, 4.69) is 15.4 Å². The highest BCUT2D eigenvalue weighted by Crippen LogP contribution is 2.18. The fraction of sp³-hybridized carbons (Fsp3) is 0.200. The molecule has 0 aliphatic heterocycles. The normalized spacial score (nSPS) is 10.9. The van der Waals surface area contributed by atoms with Crippen molar-refractivity contribution in [1.82, 2.24) is 20.1 Å². The third-order valence-electron chi connectivity index (χ3n) is 3.30. The Kier molecular flexibility index (Phi) is 3.59. The van der Waals surface area contributed by atoms with E-state index < -0.39 is 0 Å². The highest BCUT2D eigenvalue weighted by Gasteiger charge is 2.08. The zero-order valence-electron chi connectivity index (χ0n) is 11.5. The number of hydrogen-bond donors (Lipinski definition) is 3. The number of aryl methyl sites for hydroxylation is 1. The third kappa shape index (κ3) is 3.05. The average Bonchev–Trinajstić information content (AvgIpc) is 3.11. The van der Waals surface area contributed by atoms with Gasteiger partial charge in [-0.3, -0.25) is 9.48 Å². The lowest BCUT2D eigenvalue weighted by Gasteiger charge is -2.04. The predicted molar refractivity (Wildman–Crippen MR) is 81.9 cm³/mol. The second-order valence-electron chi connectivity index (χ2n) is 4.91. The van der Waals surface area contributed by atoms with Crippen molar-refractivity contribution >= 4 is 22.5 Å². The minimum Gasteiger partial charge on any atom is -0.399 e. The molecule has 2 aromatic heterocycles. The molecule has 0 fully saturated rings. The maximum atomic E-state index is 12.1. The van der Waals surface area contributed by atoms with Gasteiger partial charge in [-0.05, 0) is 36.8 Å². The van der Waals surface area contributed by atoms with Gasteiger partial charge in [0, 0.05) is 42.1 Å². The van der Waals surface area contributed by atoms with Crippen molar-refractivity contribution < 1.29 is 4.79 Å². The molecule has 1 aromatic carbocycles. The Balaban J connectivity index is 1.56. The van der Waals surface area contributed by atoms with E-state index in [1.165, 1.54) is 0 Å². The van der Waals surface area contributed by atoms with E-state index in [4.69, 9.17) is 5.73 Å². The van der Waals surface area contributed by atoms with Crippen LogP contribution in [0.1, 0.15) is 16.9 Å². The summed E-state index contributed by atoms with van der Waals surface area (Å²) in [6.45, 7) is 1.40. The van der Waals surface area contributed by atoms with Gasteiger partial charge in [0.25, 0.3) is 5.91 Å². The van der Waals surface area contributed by atoms with Crippen LogP contribution in [0.2, 0.25) is 0 Å². The maximum Gasteiger partial charge on any atom is 0.267 e. The summed E-state index contributed by atoms with van der Waals surface area (Å²) in [7, 11) is 0. The van der Waals surface area contributed by atoms with Gasteiger partial charge in [0.05, 0.1) is 0 Å². The Morgan fingerprint density at radius 2 is 2.29 bits per heavy atom. The molecule has 0 radical (unpaired) electrons. The van der Waals surface area contributed by atoms with E-state index in [-0.39, 0.29) is 5.91 Å². The summed E-state index contributed by atoms with van der Waals surface area (Å²) < 4.78 is 1.85. The molecule has 2 heterocycles. The van der Waals surface area contributed by atoms with Crippen molar-refractivity contribution in [2.45, 2.75) is 13.0 Å². The molecule has 0 saturated carbocycles. The number of nitrogens with one attached hydrogen (secondary N) is 2. The largest absolute Gasteiger partial charge is 0.399 e. The van der Waals surface area contributed by atoms with Gasteiger partial charge in [0.15, 0.2) is 0 Å². The summed E-state index contributed by atoms with van der Waals surface area (Å²) in [5, 5.41) is 7.95. The zero-order chi connectivity index (χ0) is 14.7. The Morgan fingerprint density at radius 1 is 1.38 bits per heavy atom. The number of hydrogen-bond acceptors (Lipinski definition) is 3. The van der Waals surface area contributed by atoms with Gasteiger partial charge >= 0.3 is 0 Å². The molecule has 6 heteroatoms. The van der Waals surface area contributed by atoms with Crippen molar-refractivity contribution in [3.63, 3.8) is 0 Å². The molecule has 0 unspecified atom stereocenters.